The first-order chi connectivity index (χ1) is 15.4. The van der Waals surface area contributed by atoms with E-state index in [2.05, 4.69) is 10.0 Å². The smallest absolute Gasteiger partial charge is 0.324 e. The quantitative estimate of drug-likeness (QED) is 0.290. The summed E-state index contributed by atoms with van der Waals surface area (Å²) in [5.41, 5.74) is -0.297. The molecule has 2 aromatic carbocycles. The van der Waals surface area contributed by atoms with E-state index in [1.54, 1.807) is 0 Å². The van der Waals surface area contributed by atoms with Crippen molar-refractivity contribution >= 4 is 56.5 Å². The van der Waals surface area contributed by atoms with Gasteiger partial charge in [-0.3, -0.25) is 19.7 Å². The Bertz CT molecular complexity index is 1190. The second-order valence-corrected chi connectivity index (χ2v) is 9.16. The maximum absolute atomic E-state index is 12.5. The zero-order valence-electron chi connectivity index (χ0n) is 17.5. The molecular weight excluding hydrogens is 501 g/mol. The van der Waals surface area contributed by atoms with E-state index in [0.717, 1.165) is 12.1 Å². The van der Waals surface area contributed by atoms with E-state index in [1.807, 2.05) is 0 Å². The van der Waals surface area contributed by atoms with E-state index in [4.69, 9.17) is 32.7 Å². The van der Waals surface area contributed by atoms with Crippen molar-refractivity contribution in [2.75, 3.05) is 12.4 Å². The molecule has 14 heteroatoms. The van der Waals surface area contributed by atoms with Crippen LogP contribution in [0.2, 0.25) is 10.0 Å². The second-order valence-electron chi connectivity index (χ2n) is 6.63. The van der Waals surface area contributed by atoms with Gasteiger partial charge in [-0.25, -0.2) is 8.42 Å². The van der Waals surface area contributed by atoms with Crippen LogP contribution in [-0.4, -0.2) is 44.5 Å². The number of nitro benzene ring substituents is 1. The minimum absolute atomic E-state index is 0.00651. The molecule has 0 aliphatic heterocycles. The third-order valence-corrected chi connectivity index (χ3v) is 6.48. The zero-order valence-corrected chi connectivity index (χ0v) is 19.8. The Morgan fingerprint density at radius 3 is 2.33 bits per heavy atom. The highest BCUT2D eigenvalue weighted by Crippen LogP contribution is 2.29. The standard InChI is InChI=1S/C19H19Cl2N3O8S/c1-10(23-33(29,30)13-5-6-14(20)15(21)9-13)19(26)32-11(2)18(25)22-16-8-12(24(27)28)4-7-17(16)31-3/h4-11,23H,1-3H3,(H,22,25)/t10-,11?/m0/s1. The van der Waals surface area contributed by atoms with Gasteiger partial charge in [-0.2, -0.15) is 4.72 Å². The molecule has 11 nitrogen and oxygen atoms in total. The Hall–Kier alpha value is -2.93. The molecule has 2 rings (SSSR count). The molecule has 1 amide bonds. The average Bonchev–Trinajstić information content (AvgIpc) is 2.74. The van der Waals surface area contributed by atoms with Crippen LogP contribution < -0.4 is 14.8 Å². The molecule has 0 aromatic heterocycles. The monoisotopic (exact) mass is 519 g/mol. The van der Waals surface area contributed by atoms with Gasteiger partial charge < -0.3 is 14.8 Å². The number of sulfonamides is 1. The molecule has 0 heterocycles. The number of nitro groups is 1. The minimum Gasteiger partial charge on any atom is -0.495 e. The summed E-state index contributed by atoms with van der Waals surface area (Å²) in [4.78, 5) is 34.8. The van der Waals surface area contributed by atoms with Gasteiger partial charge in [-0.1, -0.05) is 23.2 Å². The Morgan fingerprint density at radius 2 is 1.76 bits per heavy atom. The fraction of sp³-hybridized carbons (Fsp3) is 0.263. The lowest BCUT2D eigenvalue weighted by Gasteiger charge is -2.18. The molecule has 1 unspecified atom stereocenters. The summed E-state index contributed by atoms with van der Waals surface area (Å²) in [6.45, 7) is 2.48. The van der Waals surface area contributed by atoms with E-state index in [-0.39, 0.29) is 32.1 Å². The lowest BCUT2D eigenvalue weighted by molar-refractivity contribution is -0.384. The number of halogens is 2. The van der Waals surface area contributed by atoms with E-state index in [1.165, 1.54) is 45.2 Å². The number of hydrogen-bond donors (Lipinski definition) is 2. The van der Waals surface area contributed by atoms with Gasteiger partial charge in [0.1, 0.15) is 11.8 Å². The number of carbonyl (C=O) groups is 2. The van der Waals surface area contributed by atoms with E-state index >= 15 is 0 Å². The number of rotatable bonds is 9. The SMILES string of the molecule is COc1ccc([N+](=O)[O-])cc1NC(=O)C(C)OC(=O)[C@H](C)NS(=O)(=O)c1ccc(Cl)c(Cl)c1. The topological polar surface area (TPSA) is 154 Å². The van der Waals surface area contributed by atoms with Crippen LogP contribution in [0, 0.1) is 10.1 Å². The van der Waals surface area contributed by atoms with Gasteiger partial charge in [0.05, 0.1) is 32.7 Å². The number of esters is 1. The largest absolute Gasteiger partial charge is 0.495 e. The summed E-state index contributed by atoms with van der Waals surface area (Å²) < 4.78 is 37.1. The van der Waals surface area contributed by atoms with Crippen LogP contribution in [0.1, 0.15) is 13.8 Å². The van der Waals surface area contributed by atoms with Gasteiger partial charge in [-0.05, 0) is 38.1 Å². The maximum Gasteiger partial charge on any atom is 0.324 e. The molecule has 0 saturated heterocycles. The molecule has 0 spiro atoms. The first-order valence-corrected chi connectivity index (χ1v) is 11.4. The molecule has 178 valence electrons. The summed E-state index contributed by atoms with van der Waals surface area (Å²) in [6.07, 6.45) is -1.36. The average molecular weight is 520 g/mol. The molecule has 0 saturated carbocycles. The zero-order chi connectivity index (χ0) is 24.9. The van der Waals surface area contributed by atoms with Crippen molar-refractivity contribution in [1.82, 2.24) is 4.72 Å². The van der Waals surface area contributed by atoms with Crippen molar-refractivity contribution in [1.29, 1.82) is 0 Å². The molecule has 2 aromatic rings. The number of methoxy groups -OCH3 is 1. The van der Waals surface area contributed by atoms with E-state index in [9.17, 15) is 28.1 Å². The Morgan fingerprint density at radius 1 is 1.09 bits per heavy atom. The molecule has 2 atom stereocenters. The predicted octanol–water partition coefficient (Wildman–Crippen LogP) is 3.15. The number of nitrogens with zero attached hydrogens (tertiary/aromatic N) is 1. The molecule has 2 N–H and O–H groups in total. The van der Waals surface area contributed by atoms with Crippen molar-refractivity contribution in [2.24, 2.45) is 0 Å². The number of hydrogen-bond acceptors (Lipinski definition) is 8. The van der Waals surface area contributed by atoms with Gasteiger partial charge in [0, 0.05) is 12.1 Å². The minimum atomic E-state index is -4.15. The van der Waals surface area contributed by atoms with Gasteiger partial charge in [0.2, 0.25) is 10.0 Å². The molecule has 0 radical (unpaired) electrons. The highest BCUT2D eigenvalue weighted by atomic mass is 35.5. The fourth-order valence-corrected chi connectivity index (χ4v) is 4.05. The summed E-state index contributed by atoms with van der Waals surface area (Å²) in [7, 11) is -2.84. The van der Waals surface area contributed by atoms with Crippen molar-refractivity contribution in [3.8, 4) is 5.75 Å². The molecule has 0 bridgehead atoms. The van der Waals surface area contributed by atoms with Gasteiger partial charge >= 0.3 is 5.97 Å². The number of non-ortho nitro benzene ring substituents is 1. The molecular formula is C19H19Cl2N3O8S. The number of carbonyl (C=O) groups excluding carboxylic acids is 2. The highest BCUT2D eigenvalue weighted by molar-refractivity contribution is 7.89. The van der Waals surface area contributed by atoms with Crippen LogP contribution in [0.3, 0.4) is 0 Å². The van der Waals surface area contributed by atoms with Crippen LogP contribution in [0.4, 0.5) is 11.4 Å². The summed E-state index contributed by atoms with van der Waals surface area (Å²) in [6, 6.07) is 5.83. The van der Waals surface area contributed by atoms with Crippen LogP contribution in [-0.2, 0) is 24.3 Å². The molecule has 0 aliphatic rings. The summed E-state index contributed by atoms with van der Waals surface area (Å²) >= 11 is 11.6. The third kappa shape index (κ3) is 6.78. The van der Waals surface area contributed by atoms with Crippen LogP contribution >= 0.6 is 23.2 Å². The third-order valence-electron chi connectivity index (χ3n) is 4.20. The van der Waals surface area contributed by atoms with Crippen LogP contribution in [0.5, 0.6) is 5.75 Å². The first-order valence-electron chi connectivity index (χ1n) is 9.17. The van der Waals surface area contributed by atoms with Crippen molar-refractivity contribution < 1.29 is 32.4 Å². The summed E-state index contributed by atoms with van der Waals surface area (Å²) in [5, 5.41) is 13.5. The highest BCUT2D eigenvalue weighted by Gasteiger charge is 2.27. The number of ether oxygens (including phenoxy) is 2. The van der Waals surface area contributed by atoms with Gasteiger partial charge in [0.25, 0.3) is 11.6 Å². The maximum atomic E-state index is 12.5. The molecule has 33 heavy (non-hydrogen) atoms. The Balaban J connectivity index is 2.06. The molecule has 0 fully saturated rings. The lowest BCUT2D eigenvalue weighted by Crippen LogP contribution is -2.42. The lowest BCUT2D eigenvalue weighted by atomic mass is 10.2. The number of nitrogens with one attached hydrogen (secondary N) is 2. The Kier molecular flexibility index (Phi) is 8.61. The number of amides is 1. The van der Waals surface area contributed by atoms with Crippen LogP contribution in [0.25, 0.3) is 0 Å². The Labute approximate surface area is 199 Å². The van der Waals surface area contributed by atoms with Crippen molar-refractivity contribution in [3.63, 3.8) is 0 Å². The van der Waals surface area contributed by atoms with E-state index in [0.29, 0.717) is 0 Å². The summed E-state index contributed by atoms with van der Waals surface area (Å²) in [5.74, 6) is -1.70. The first kappa shape index (κ1) is 26.3. The van der Waals surface area contributed by atoms with Gasteiger partial charge in [0.15, 0.2) is 6.10 Å². The second kappa shape index (κ2) is 10.8. The number of benzene rings is 2. The van der Waals surface area contributed by atoms with Crippen molar-refractivity contribution in [3.05, 3.63) is 56.6 Å². The molecule has 0 aliphatic carbocycles. The predicted molar refractivity (Wildman–Crippen MR) is 120 cm³/mol. The fourth-order valence-electron chi connectivity index (χ4n) is 2.46. The van der Waals surface area contributed by atoms with E-state index < -0.39 is 39.0 Å². The van der Waals surface area contributed by atoms with Crippen molar-refractivity contribution in [2.45, 2.75) is 30.9 Å². The number of anilines is 1. The van der Waals surface area contributed by atoms with Gasteiger partial charge in [-0.15, -0.1) is 0 Å². The van der Waals surface area contributed by atoms with Crippen LogP contribution in [0.15, 0.2) is 41.3 Å². The normalized spacial score (nSPS) is 13.0.